The number of benzene rings is 2. The van der Waals surface area contributed by atoms with Crippen molar-refractivity contribution in [2.24, 2.45) is 0 Å². The van der Waals surface area contributed by atoms with E-state index in [-0.39, 0.29) is 11.2 Å². The van der Waals surface area contributed by atoms with Crippen LogP contribution < -0.4 is 5.32 Å². The summed E-state index contributed by atoms with van der Waals surface area (Å²) >= 11 is 7.29. The highest BCUT2D eigenvalue weighted by molar-refractivity contribution is 8.00. The molecule has 2 heterocycles. The molecule has 7 heteroatoms. The van der Waals surface area contributed by atoms with E-state index < -0.39 is 0 Å². The van der Waals surface area contributed by atoms with Crippen LogP contribution in [0.3, 0.4) is 0 Å². The summed E-state index contributed by atoms with van der Waals surface area (Å²) < 4.78 is 2.04. The molecular weight excluding hydrogens is 392 g/mol. The van der Waals surface area contributed by atoms with Crippen LogP contribution in [0.25, 0.3) is 16.6 Å². The maximum absolute atomic E-state index is 12.6. The quantitative estimate of drug-likeness (QED) is 0.465. The Morgan fingerprint density at radius 3 is 2.61 bits per heavy atom. The second-order valence-electron chi connectivity index (χ2n) is 6.73. The fraction of sp³-hybridized carbons (Fsp3) is 0.190. The topological polar surface area (TPSA) is 59.3 Å². The number of thioether (sulfide) groups is 1. The fourth-order valence-corrected chi connectivity index (χ4v) is 4.18. The molecule has 1 N–H and O–H groups in total. The molecule has 4 rings (SSSR count). The molecule has 0 aliphatic carbocycles. The monoisotopic (exact) mass is 410 g/mol. The van der Waals surface area contributed by atoms with Crippen LogP contribution in [0.2, 0.25) is 5.02 Å². The van der Waals surface area contributed by atoms with Gasteiger partial charge in [-0.05, 0) is 62.2 Å². The normalized spacial score (nSPS) is 12.4. The number of nitrogens with zero attached hydrogens (tertiary/aromatic N) is 3. The van der Waals surface area contributed by atoms with Crippen LogP contribution in [0, 0.1) is 13.8 Å². The van der Waals surface area contributed by atoms with Gasteiger partial charge >= 0.3 is 0 Å². The molecule has 1 amide bonds. The van der Waals surface area contributed by atoms with Gasteiger partial charge in [0.1, 0.15) is 0 Å². The highest BCUT2D eigenvalue weighted by Gasteiger charge is 2.20. The van der Waals surface area contributed by atoms with E-state index in [0.29, 0.717) is 15.9 Å². The molecule has 1 atom stereocenters. The van der Waals surface area contributed by atoms with Gasteiger partial charge < -0.3 is 5.32 Å². The Hall–Kier alpha value is -2.57. The number of aromatic nitrogens is 3. The fourth-order valence-electron chi connectivity index (χ4n) is 3.20. The maximum atomic E-state index is 12.6. The van der Waals surface area contributed by atoms with Crippen molar-refractivity contribution in [2.45, 2.75) is 31.2 Å². The Bertz CT molecular complexity index is 1190. The molecule has 5 nitrogen and oxygen atoms in total. The minimum atomic E-state index is -0.344. The number of pyridine rings is 1. The SMILES string of the molecule is Cc1cc2nnc(SC(C)C(=O)Nc3ccc(Cl)cc3)n2c2c(C)cccc12. The molecule has 28 heavy (non-hydrogen) atoms. The molecule has 0 radical (unpaired) electrons. The predicted molar refractivity (Wildman–Crippen MR) is 115 cm³/mol. The van der Waals surface area contributed by atoms with Gasteiger partial charge in [-0.25, -0.2) is 0 Å². The van der Waals surface area contributed by atoms with E-state index in [1.165, 1.54) is 11.8 Å². The first-order valence-corrected chi connectivity index (χ1v) is 10.2. The van der Waals surface area contributed by atoms with Gasteiger partial charge in [0.05, 0.1) is 10.8 Å². The Balaban J connectivity index is 1.66. The van der Waals surface area contributed by atoms with E-state index >= 15 is 0 Å². The van der Waals surface area contributed by atoms with Crippen LogP contribution in [0.4, 0.5) is 5.69 Å². The Morgan fingerprint density at radius 1 is 1.11 bits per heavy atom. The lowest BCUT2D eigenvalue weighted by atomic mass is 10.1. The molecule has 0 aliphatic rings. The lowest BCUT2D eigenvalue weighted by molar-refractivity contribution is -0.115. The summed E-state index contributed by atoms with van der Waals surface area (Å²) in [5.41, 5.74) is 4.88. The van der Waals surface area contributed by atoms with E-state index in [0.717, 1.165) is 27.7 Å². The summed E-state index contributed by atoms with van der Waals surface area (Å²) in [6.45, 7) is 6.01. The molecule has 142 valence electrons. The van der Waals surface area contributed by atoms with Crippen LogP contribution >= 0.6 is 23.4 Å². The number of hydrogen-bond donors (Lipinski definition) is 1. The molecule has 4 aromatic rings. The van der Waals surface area contributed by atoms with Crippen LogP contribution in [-0.4, -0.2) is 25.8 Å². The van der Waals surface area contributed by atoms with Gasteiger partial charge in [0.15, 0.2) is 10.8 Å². The molecule has 2 aromatic carbocycles. The van der Waals surface area contributed by atoms with Crippen molar-refractivity contribution in [2.75, 3.05) is 5.32 Å². The first-order chi connectivity index (χ1) is 13.4. The number of halogens is 1. The largest absolute Gasteiger partial charge is 0.325 e. The van der Waals surface area contributed by atoms with E-state index in [9.17, 15) is 4.79 Å². The summed E-state index contributed by atoms with van der Waals surface area (Å²) in [6.07, 6.45) is 0. The number of rotatable bonds is 4. The number of anilines is 1. The van der Waals surface area contributed by atoms with Crippen LogP contribution in [0.15, 0.2) is 53.7 Å². The minimum Gasteiger partial charge on any atom is -0.325 e. The number of carbonyl (C=O) groups is 1. The number of fused-ring (bicyclic) bond motifs is 3. The highest BCUT2D eigenvalue weighted by atomic mass is 35.5. The number of para-hydroxylation sites is 1. The van der Waals surface area contributed by atoms with Crippen molar-refractivity contribution < 1.29 is 4.79 Å². The molecular formula is C21H19ClN4OS. The van der Waals surface area contributed by atoms with Gasteiger partial charge in [-0.1, -0.05) is 41.6 Å². The zero-order valence-electron chi connectivity index (χ0n) is 15.7. The van der Waals surface area contributed by atoms with Crippen LogP contribution in [0.5, 0.6) is 0 Å². The predicted octanol–water partition coefficient (Wildman–Crippen LogP) is 5.27. The van der Waals surface area contributed by atoms with E-state index in [2.05, 4.69) is 47.6 Å². The molecule has 2 aromatic heterocycles. The number of nitrogens with one attached hydrogen (secondary N) is 1. The third-order valence-electron chi connectivity index (χ3n) is 4.65. The smallest absolute Gasteiger partial charge is 0.237 e. The second-order valence-corrected chi connectivity index (χ2v) is 8.48. The first-order valence-electron chi connectivity index (χ1n) is 8.91. The Labute approximate surface area is 172 Å². The second kappa shape index (κ2) is 7.45. The molecule has 0 spiro atoms. The van der Waals surface area contributed by atoms with Crippen molar-refractivity contribution in [1.29, 1.82) is 0 Å². The van der Waals surface area contributed by atoms with Gasteiger partial charge in [-0.3, -0.25) is 9.20 Å². The zero-order chi connectivity index (χ0) is 19.8. The molecule has 0 aliphatic heterocycles. The third kappa shape index (κ3) is 3.45. The number of hydrogen-bond acceptors (Lipinski definition) is 4. The molecule has 0 bridgehead atoms. The molecule has 1 unspecified atom stereocenters. The number of aryl methyl sites for hydroxylation is 2. The Kier molecular flexibility index (Phi) is 5.00. The van der Waals surface area contributed by atoms with Gasteiger partial charge in [0.25, 0.3) is 0 Å². The van der Waals surface area contributed by atoms with Crippen molar-refractivity contribution in [1.82, 2.24) is 14.6 Å². The van der Waals surface area contributed by atoms with Gasteiger partial charge in [0.2, 0.25) is 5.91 Å². The summed E-state index contributed by atoms with van der Waals surface area (Å²) in [4.78, 5) is 12.6. The zero-order valence-corrected chi connectivity index (χ0v) is 17.3. The molecule has 0 fully saturated rings. The van der Waals surface area contributed by atoms with Crippen molar-refractivity contribution in [3.8, 4) is 0 Å². The molecule has 0 saturated heterocycles. The number of amides is 1. The van der Waals surface area contributed by atoms with Crippen molar-refractivity contribution in [3.05, 3.63) is 64.7 Å². The minimum absolute atomic E-state index is 0.0998. The summed E-state index contributed by atoms with van der Waals surface area (Å²) in [6, 6.07) is 15.3. The lowest BCUT2D eigenvalue weighted by Gasteiger charge is -2.13. The number of carbonyl (C=O) groups excluding carboxylic acids is 1. The van der Waals surface area contributed by atoms with Gasteiger partial charge in [-0.15, -0.1) is 10.2 Å². The van der Waals surface area contributed by atoms with Crippen molar-refractivity contribution in [3.63, 3.8) is 0 Å². The highest BCUT2D eigenvalue weighted by Crippen LogP contribution is 2.30. The van der Waals surface area contributed by atoms with Crippen LogP contribution in [0.1, 0.15) is 18.1 Å². The summed E-state index contributed by atoms with van der Waals surface area (Å²) in [5.74, 6) is -0.0998. The first kappa shape index (κ1) is 18.8. The average Bonchev–Trinajstić information content (AvgIpc) is 3.06. The van der Waals surface area contributed by atoms with E-state index in [4.69, 9.17) is 11.6 Å². The van der Waals surface area contributed by atoms with Gasteiger partial charge in [0, 0.05) is 16.1 Å². The molecule has 0 saturated carbocycles. The van der Waals surface area contributed by atoms with Crippen molar-refractivity contribution >= 4 is 51.5 Å². The third-order valence-corrected chi connectivity index (χ3v) is 5.95. The van der Waals surface area contributed by atoms with E-state index in [1.807, 2.05) is 17.4 Å². The van der Waals surface area contributed by atoms with Crippen LogP contribution in [-0.2, 0) is 4.79 Å². The van der Waals surface area contributed by atoms with Gasteiger partial charge in [-0.2, -0.15) is 0 Å². The standard InChI is InChI=1S/C21H19ClN4OS/c1-12-5-4-6-17-13(2)11-18-24-25-21(26(18)19(12)17)28-14(3)20(27)23-16-9-7-15(22)8-10-16/h4-11,14H,1-3H3,(H,23,27). The lowest BCUT2D eigenvalue weighted by Crippen LogP contribution is -2.22. The Morgan fingerprint density at radius 2 is 1.86 bits per heavy atom. The summed E-state index contributed by atoms with van der Waals surface area (Å²) in [5, 5.41) is 13.7. The summed E-state index contributed by atoms with van der Waals surface area (Å²) in [7, 11) is 0. The average molecular weight is 411 g/mol. The van der Waals surface area contributed by atoms with E-state index in [1.54, 1.807) is 24.3 Å². The maximum Gasteiger partial charge on any atom is 0.237 e.